The number of anilines is 1. The Balaban J connectivity index is 2.12. The van der Waals surface area contributed by atoms with E-state index in [-0.39, 0.29) is 24.3 Å². The SMILES string of the molecule is CC(=O)NC(CC(=O)Nc1cc(C)cc(CN)c1)c1ccc(Br)cc1. The summed E-state index contributed by atoms with van der Waals surface area (Å²) in [6.45, 7) is 3.81. The number of benzene rings is 2. The molecule has 0 aliphatic rings. The molecule has 0 aliphatic carbocycles. The largest absolute Gasteiger partial charge is 0.349 e. The summed E-state index contributed by atoms with van der Waals surface area (Å²) < 4.78 is 0.941. The monoisotopic (exact) mass is 403 g/mol. The number of nitrogens with one attached hydrogen (secondary N) is 2. The van der Waals surface area contributed by atoms with Crippen LogP contribution in [-0.2, 0) is 16.1 Å². The first-order valence-electron chi connectivity index (χ1n) is 8.00. The van der Waals surface area contributed by atoms with Crippen molar-refractivity contribution >= 4 is 33.4 Å². The van der Waals surface area contributed by atoms with Crippen molar-refractivity contribution in [2.24, 2.45) is 5.73 Å². The molecule has 0 heterocycles. The fraction of sp³-hybridized carbons (Fsp3) is 0.263. The lowest BCUT2D eigenvalue weighted by Gasteiger charge is -2.18. The van der Waals surface area contributed by atoms with Crippen molar-refractivity contribution in [3.8, 4) is 0 Å². The molecule has 0 fully saturated rings. The molecule has 1 atom stereocenters. The van der Waals surface area contributed by atoms with Crippen molar-refractivity contribution in [2.75, 3.05) is 5.32 Å². The van der Waals surface area contributed by atoms with Crippen LogP contribution < -0.4 is 16.4 Å². The number of carbonyl (C=O) groups is 2. The lowest BCUT2D eigenvalue weighted by atomic mass is 10.0. The number of hydrogen-bond acceptors (Lipinski definition) is 3. The summed E-state index contributed by atoms with van der Waals surface area (Å²) in [6, 6.07) is 12.9. The predicted octanol–water partition coefficient (Wildman–Crippen LogP) is 3.42. The van der Waals surface area contributed by atoms with E-state index >= 15 is 0 Å². The second-order valence-corrected chi connectivity index (χ2v) is 6.88. The minimum atomic E-state index is -0.385. The molecule has 2 amide bonds. The van der Waals surface area contributed by atoms with Crippen molar-refractivity contribution in [1.29, 1.82) is 0 Å². The van der Waals surface area contributed by atoms with Gasteiger partial charge in [0.05, 0.1) is 12.5 Å². The molecule has 2 rings (SSSR count). The van der Waals surface area contributed by atoms with E-state index < -0.39 is 0 Å². The quantitative estimate of drug-likeness (QED) is 0.690. The third kappa shape index (κ3) is 5.99. The normalized spacial score (nSPS) is 11.7. The number of rotatable bonds is 6. The van der Waals surface area contributed by atoms with E-state index in [0.717, 1.165) is 21.2 Å². The molecule has 0 radical (unpaired) electrons. The first-order valence-corrected chi connectivity index (χ1v) is 8.79. The highest BCUT2D eigenvalue weighted by atomic mass is 79.9. The van der Waals surface area contributed by atoms with Crippen molar-refractivity contribution in [1.82, 2.24) is 5.32 Å². The highest BCUT2D eigenvalue weighted by molar-refractivity contribution is 9.10. The zero-order chi connectivity index (χ0) is 18.4. The van der Waals surface area contributed by atoms with Gasteiger partial charge in [-0.2, -0.15) is 0 Å². The fourth-order valence-electron chi connectivity index (χ4n) is 2.64. The zero-order valence-electron chi connectivity index (χ0n) is 14.3. The van der Waals surface area contributed by atoms with E-state index in [1.165, 1.54) is 6.92 Å². The molecule has 0 saturated heterocycles. The van der Waals surface area contributed by atoms with Crippen LogP contribution in [0.3, 0.4) is 0 Å². The molecule has 25 heavy (non-hydrogen) atoms. The maximum atomic E-state index is 12.5. The summed E-state index contributed by atoms with van der Waals surface area (Å²) in [5, 5.41) is 5.72. The van der Waals surface area contributed by atoms with Gasteiger partial charge < -0.3 is 16.4 Å². The van der Waals surface area contributed by atoms with Crippen molar-refractivity contribution in [3.63, 3.8) is 0 Å². The second-order valence-electron chi connectivity index (χ2n) is 5.97. The Morgan fingerprint density at radius 1 is 1.16 bits per heavy atom. The average Bonchev–Trinajstić information content (AvgIpc) is 2.53. The van der Waals surface area contributed by atoms with Crippen LogP contribution >= 0.6 is 15.9 Å². The van der Waals surface area contributed by atoms with Crippen LogP contribution in [0.25, 0.3) is 0 Å². The Morgan fingerprint density at radius 3 is 2.44 bits per heavy atom. The number of carbonyl (C=O) groups excluding carboxylic acids is 2. The fourth-order valence-corrected chi connectivity index (χ4v) is 2.91. The maximum absolute atomic E-state index is 12.5. The van der Waals surface area contributed by atoms with E-state index in [0.29, 0.717) is 12.2 Å². The number of hydrogen-bond donors (Lipinski definition) is 3. The third-order valence-corrected chi connectivity index (χ3v) is 4.22. The van der Waals surface area contributed by atoms with Crippen molar-refractivity contribution < 1.29 is 9.59 Å². The van der Waals surface area contributed by atoms with Gasteiger partial charge in [0.1, 0.15) is 0 Å². The lowest BCUT2D eigenvalue weighted by Crippen LogP contribution is -2.29. The molecule has 1 unspecified atom stereocenters. The Kier molecular flexibility index (Phi) is 6.73. The van der Waals surface area contributed by atoms with Gasteiger partial charge in [0.2, 0.25) is 11.8 Å². The molecule has 0 bridgehead atoms. The number of amides is 2. The molecule has 6 heteroatoms. The first-order chi connectivity index (χ1) is 11.9. The van der Waals surface area contributed by atoms with Gasteiger partial charge in [-0.15, -0.1) is 0 Å². The summed E-state index contributed by atoms with van der Waals surface area (Å²) in [7, 11) is 0. The standard InChI is InChI=1S/C19H22BrN3O2/c1-12-7-14(11-21)9-17(8-12)23-19(25)10-18(22-13(2)24)15-3-5-16(20)6-4-15/h3-9,18H,10-11,21H2,1-2H3,(H,22,24)(H,23,25). The summed E-state index contributed by atoms with van der Waals surface area (Å²) >= 11 is 3.38. The van der Waals surface area contributed by atoms with Crippen LogP contribution in [0.1, 0.15) is 36.1 Å². The van der Waals surface area contributed by atoms with Crippen LogP contribution in [0.2, 0.25) is 0 Å². The summed E-state index contributed by atoms with van der Waals surface area (Å²) in [5.74, 6) is -0.350. The number of nitrogens with two attached hydrogens (primary N) is 1. The highest BCUT2D eigenvalue weighted by Gasteiger charge is 2.17. The molecule has 0 saturated carbocycles. The minimum Gasteiger partial charge on any atom is -0.349 e. The summed E-state index contributed by atoms with van der Waals surface area (Å²) in [4.78, 5) is 23.9. The predicted molar refractivity (Wildman–Crippen MR) is 103 cm³/mol. The van der Waals surface area contributed by atoms with E-state index in [1.807, 2.05) is 49.4 Å². The van der Waals surface area contributed by atoms with Crippen molar-refractivity contribution in [3.05, 3.63) is 63.6 Å². The van der Waals surface area contributed by atoms with E-state index in [4.69, 9.17) is 5.73 Å². The summed E-state index contributed by atoms with van der Waals surface area (Å²) in [5.41, 5.74) is 9.26. The first kappa shape index (κ1) is 19.1. The van der Waals surface area contributed by atoms with Gasteiger partial charge in [-0.1, -0.05) is 34.1 Å². The molecule has 0 aromatic heterocycles. The smallest absolute Gasteiger partial charge is 0.226 e. The lowest BCUT2D eigenvalue weighted by molar-refractivity contribution is -0.120. The Hall–Kier alpha value is -2.18. The Labute approximate surface area is 156 Å². The van der Waals surface area contributed by atoms with Gasteiger partial charge in [-0.25, -0.2) is 0 Å². The molecular weight excluding hydrogens is 382 g/mol. The second kappa shape index (κ2) is 8.78. The Morgan fingerprint density at radius 2 is 1.84 bits per heavy atom. The van der Waals surface area contributed by atoms with Gasteiger partial charge in [0.25, 0.3) is 0 Å². The molecule has 132 valence electrons. The number of aryl methyl sites for hydroxylation is 1. The molecular formula is C19H22BrN3O2. The van der Waals surface area contributed by atoms with Crippen LogP contribution in [0, 0.1) is 6.92 Å². The third-order valence-electron chi connectivity index (χ3n) is 3.70. The van der Waals surface area contributed by atoms with Crippen LogP contribution in [0.4, 0.5) is 5.69 Å². The van der Waals surface area contributed by atoms with Crippen molar-refractivity contribution in [2.45, 2.75) is 32.9 Å². The molecule has 0 spiro atoms. The molecule has 4 N–H and O–H groups in total. The van der Waals surface area contributed by atoms with Gasteiger partial charge in [0, 0.05) is 23.6 Å². The molecule has 2 aromatic carbocycles. The maximum Gasteiger partial charge on any atom is 0.226 e. The zero-order valence-corrected chi connectivity index (χ0v) is 15.9. The van der Waals surface area contributed by atoms with Gasteiger partial charge in [-0.05, 0) is 47.9 Å². The van der Waals surface area contributed by atoms with E-state index in [9.17, 15) is 9.59 Å². The minimum absolute atomic E-state index is 0.146. The van der Waals surface area contributed by atoms with Gasteiger partial charge in [-0.3, -0.25) is 9.59 Å². The van der Waals surface area contributed by atoms with Crippen LogP contribution in [-0.4, -0.2) is 11.8 Å². The van der Waals surface area contributed by atoms with Gasteiger partial charge in [0.15, 0.2) is 0 Å². The van der Waals surface area contributed by atoms with Gasteiger partial charge >= 0.3 is 0 Å². The number of halogens is 1. The topological polar surface area (TPSA) is 84.2 Å². The van der Waals surface area contributed by atoms with Crippen LogP contribution in [0.15, 0.2) is 46.9 Å². The average molecular weight is 404 g/mol. The summed E-state index contributed by atoms with van der Waals surface area (Å²) in [6.07, 6.45) is 0.146. The molecule has 0 aliphatic heterocycles. The van der Waals surface area contributed by atoms with E-state index in [2.05, 4.69) is 26.6 Å². The Bertz CT molecular complexity index is 760. The molecule has 5 nitrogen and oxygen atoms in total. The van der Waals surface area contributed by atoms with E-state index in [1.54, 1.807) is 0 Å². The van der Waals surface area contributed by atoms with Crippen LogP contribution in [0.5, 0.6) is 0 Å². The molecule has 2 aromatic rings. The highest BCUT2D eigenvalue weighted by Crippen LogP contribution is 2.21.